The SMILES string of the molecule is OCc1cc(-c2cc(F)ccc2Cl)ccc1OC(F)(F)F. The van der Waals surface area contributed by atoms with Crippen LogP contribution in [0.4, 0.5) is 17.6 Å². The van der Waals surface area contributed by atoms with Gasteiger partial charge in [-0.2, -0.15) is 0 Å². The smallest absolute Gasteiger partial charge is 0.405 e. The molecule has 0 heterocycles. The highest BCUT2D eigenvalue weighted by Gasteiger charge is 2.32. The first-order valence-electron chi connectivity index (χ1n) is 5.75. The highest BCUT2D eigenvalue weighted by atomic mass is 35.5. The predicted molar refractivity (Wildman–Crippen MR) is 69.5 cm³/mol. The lowest BCUT2D eigenvalue weighted by Crippen LogP contribution is -2.18. The highest BCUT2D eigenvalue weighted by Crippen LogP contribution is 2.33. The molecule has 2 aromatic carbocycles. The number of aliphatic hydroxyl groups is 1. The van der Waals surface area contributed by atoms with Crippen molar-refractivity contribution in [2.24, 2.45) is 0 Å². The number of hydrogen-bond acceptors (Lipinski definition) is 2. The quantitative estimate of drug-likeness (QED) is 0.842. The molecule has 0 saturated heterocycles. The van der Waals surface area contributed by atoms with Crippen molar-refractivity contribution in [3.05, 3.63) is 52.8 Å². The van der Waals surface area contributed by atoms with Crippen LogP contribution in [-0.4, -0.2) is 11.5 Å². The molecule has 0 aliphatic rings. The van der Waals surface area contributed by atoms with Crippen LogP contribution in [0.15, 0.2) is 36.4 Å². The number of ether oxygens (including phenoxy) is 1. The minimum atomic E-state index is -4.86. The Morgan fingerprint density at radius 3 is 2.43 bits per heavy atom. The van der Waals surface area contributed by atoms with Crippen LogP contribution in [0.1, 0.15) is 5.56 Å². The van der Waals surface area contributed by atoms with E-state index in [1.807, 2.05) is 0 Å². The van der Waals surface area contributed by atoms with Gasteiger partial charge in [0.05, 0.1) is 6.61 Å². The van der Waals surface area contributed by atoms with Gasteiger partial charge in [-0.3, -0.25) is 0 Å². The van der Waals surface area contributed by atoms with E-state index in [4.69, 9.17) is 16.7 Å². The molecule has 112 valence electrons. The maximum Gasteiger partial charge on any atom is 0.573 e. The standard InChI is InChI=1S/C14H9ClF4O2/c15-12-3-2-10(16)6-11(12)8-1-4-13(9(5-8)7-20)21-14(17,18)19/h1-6,20H,7H2. The van der Waals surface area contributed by atoms with Gasteiger partial charge in [-0.25, -0.2) is 4.39 Å². The molecule has 0 radical (unpaired) electrons. The molecule has 0 aliphatic carbocycles. The van der Waals surface area contributed by atoms with Crippen LogP contribution in [0, 0.1) is 5.82 Å². The number of hydrogen-bond donors (Lipinski definition) is 1. The summed E-state index contributed by atoms with van der Waals surface area (Å²) < 4.78 is 53.7. The summed E-state index contributed by atoms with van der Waals surface area (Å²) in [6, 6.07) is 7.28. The molecule has 2 rings (SSSR count). The van der Waals surface area contributed by atoms with Gasteiger partial charge in [0.25, 0.3) is 0 Å². The number of benzene rings is 2. The highest BCUT2D eigenvalue weighted by molar-refractivity contribution is 6.33. The minimum Gasteiger partial charge on any atom is -0.405 e. The van der Waals surface area contributed by atoms with Crippen molar-refractivity contribution in [2.75, 3.05) is 0 Å². The Kier molecular flexibility index (Phi) is 4.39. The van der Waals surface area contributed by atoms with Crippen LogP contribution in [0.2, 0.25) is 5.02 Å². The van der Waals surface area contributed by atoms with Gasteiger partial charge in [-0.1, -0.05) is 17.7 Å². The van der Waals surface area contributed by atoms with E-state index in [0.29, 0.717) is 11.1 Å². The van der Waals surface area contributed by atoms with Crippen LogP contribution >= 0.6 is 11.6 Å². The second-order valence-electron chi connectivity index (χ2n) is 4.15. The Labute approximate surface area is 122 Å². The zero-order chi connectivity index (χ0) is 15.6. The van der Waals surface area contributed by atoms with Gasteiger partial charge in [0.1, 0.15) is 11.6 Å². The molecule has 0 spiro atoms. The molecule has 7 heteroatoms. The lowest BCUT2D eigenvalue weighted by molar-refractivity contribution is -0.275. The molecule has 0 atom stereocenters. The lowest BCUT2D eigenvalue weighted by Gasteiger charge is -2.14. The van der Waals surface area contributed by atoms with Gasteiger partial charge in [0.2, 0.25) is 0 Å². The van der Waals surface area contributed by atoms with Crippen LogP contribution < -0.4 is 4.74 Å². The Balaban J connectivity index is 2.46. The average molecular weight is 321 g/mol. The lowest BCUT2D eigenvalue weighted by atomic mass is 10.0. The molecule has 21 heavy (non-hydrogen) atoms. The molecule has 0 unspecified atom stereocenters. The zero-order valence-corrected chi connectivity index (χ0v) is 11.2. The van der Waals surface area contributed by atoms with Crippen molar-refractivity contribution in [1.82, 2.24) is 0 Å². The van der Waals surface area contributed by atoms with E-state index in [2.05, 4.69) is 4.74 Å². The van der Waals surface area contributed by atoms with E-state index >= 15 is 0 Å². The van der Waals surface area contributed by atoms with E-state index in [0.717, 1.165) is 12.1 Å². The zero-order valence-electron chi connectivity index (χ0n) is 10.4. The molecule has 1 N–H and O–H groups in total. The van der Waals surface area contributed by atoms with E-state index < -0.39 is 24.5 Å². The molecule has 0 fully saturated rings. The monoisotopic (exact) mass is 320 g/mol. The number of rotatable bonds is 3. The van der Waals surface area contributed by atoms with Crippen LogP contribution in [0.5, 0.6) is 5.75 Å². The first kappa shape index (κ1) is 15.6. The summed E-state index contributed by atoms with van der Waals surface area (Å²) in [4.78, 5) is 0. The molecule has 0 amide bonds. The van der Waals surface area contributed by atoms with Gasteiger partial charge in [0.15, 0.2) is 0 Å². The van der Waals surface area contributed by atoms with Crippen molar-refractivity contribution in [3.8, 4) is 16.9 Å². The Morgan fingerprint density at radius 1 is 1.10 bits per heavy atom. The Bertz CT molecular complexity index is 656. The first-order valence-corrected chi connectivity index (χ1v) is 6.13. The minimum absolute atomic E-state index is 0.0786. The van der Waals surface area contributed by atoms with Crippen molar-refractivity contribution in [3.63, 3.8) is 0 Å². The summed E-state index contributed by atoms with van der Waals surface area (Å²) in [6.07, 6.45) is -4.86. The van der Waals surface area contributed by atoms with E-state index in [1.54, 1.807) is 0 Å². The summed E-state index contributed by atoms with van der Waals surface area (Å²) in [6.45, 7) is -0.661. The summed E-state index contributed by atoms with van der Waals surface area (Å²) in [5, 5.41) is 9.40. The molecule has 0 bridgehead atoms. The van der Waals surface area contributed by atoms with Crippen LogP contribution in [-0.2, 0) is 6.61 Å². The van der Waals surface area contributed by atoms with Crippen LogP contribution in [0.3, 0.4) is 0 Å². The van der Waals surface area contributed by atoms with Crippen molar-refractivity contribution in [2.45, 2.75) is 13.0 Å². The first-order chi connectivity index (χ1) is 9.80. The van der Waals surface area contributed by atoms with E-state index in [9.17, 15) is 17.6 Å². The summed E-state index contributed by atoms with van der Waals surface area (Å²) in [5.41, 5.74) is 0.605. The second-order valence-corrected chi connectivity index (χ2v) is 4.56. The maximum atomic E-state index is 13.2. The fraction of sp³-hybridized carbons (Fsp3) is 0.143. The summed E-state index contributed by atoms with van der Waals surface area (Å²) in [7, 11) is 0. The Hall–Kier alpha value is -1.79. The summed E-state index contributed by atoms with van der Waals surface area (Å²) in [5.74, 6) is -1.04. The molecule has 2 aromatic rings. The van der Waals surface area contributed by atoms with Crippen molar-refractivity contribution >= 4 is 11.6 Å². The molecule has 2 nitrogen and oxygen atoms in total. The number of alkyl halides is 3. The van der Waals surface area contributed by atoms with Crippen LogP contribution in [0.25, 0.3) is 11.1 Å². The molecular formula is C14H9ClF4O2. The maximum absolute atomic E-state index is 13.2. The molecule has 0 aliphatic heterocycles. The topological polar surface area (TPSA) is 29.5 Å². The predicted octanol–water partition coefficient (Wildman–Crippen LogP) is 4.54. The fourth-order valence-corrected chi connectivity index (χ4v) is 2.04. The van der Waals surface area contributed by atoms with Gasteiger partial charge in [-0.15, -0.1) is 13.2 Å². The van der Waals surface area contributed by atoms with E-state index in [-0.39, 0.29) is 10.6 Å². The largest absolute Gasteiger partial charge is 0.573 e. The third kappa shape index (κ3) is 3.86. The van der Waals surface area contributed by atoms with Gasteiger partial charge < -0.3 is 9.84 Å². The Morgan fingerprint density at radius 2 is 1.81 bits per heavy atom. The number of aliphatic hydroxyl groups excluding tert-OH is 1. The third-order valence-electron chi connectivity index (χ3n) is 2.70. The summed E-state index contributed by atoms with van der Waals surface area (Å²) >= 11 is 5.93. The molecule has 0 saturated carbocycles. The molecular weight excluding hydrogens is 312 g/mol. The normalized spacial score (nSPS) is 11.5. The average Bonchev–Trinajstić information content (AvgIpc) is 2.40. The van der Waals surface area contributed by atoms with Gasteiger partial charge in [0, 0.05) is 16.1 Å². The van der Waals surface area contributed by atoms with E-state index in [1.165, 1.54) is 24.3 Å². The second kappa shape index (κ2) is 5.91. The fourth-order valence-electron chi connectivity index (χ4n) is 1.81. The van der Waals surface area contributed by atoms with Gasteiger partial charge in [-0.05, 0) is 35.9 Å². The third-order valence-corrected chi connectivity index (χ3v) is 3.03. The van der Waals surface area contributed by atoms with Crippen molar-refractivity contribution < 1.29 is 27.4 Å². The van der Waals surface area contributed by atoms with Gasteiger partial charge >= 0.3 is 6.36 Å². The van der Waals surface area contributed by atoms with Crippen molar-refractivity contribution in [1.29, 1.82) is 0 Å². The number of halogens is 5. The molecule has 0 aromatic heterocycles.